The zero-order valence-electron chi connectivity index (χ0n) is 15.0. The van der Waals surface area contributed by atoms with Gasteiger partial charge >= 0.3 is 12.1 Å². The van der Waals surface area contributed by atoms with E-state index in [0.29, 0.717) is 13.0 Å². The number of ether oxygens (including phenoxy) is 2. The van der Waals surface area contributed by atoms with Crippen LogP contribution in [0.25, 0.3) is 0 Å². The summed E-state index contributed by atoms with van der Waals surface area (Å²) in [5.41, 5.74) is 0.488. The lowest BCUT2D eigenvalue weighted by molar-refractivity contribution is -0.142. The Morgan fingerprint density at radius 2 is 1.92 bits per heavy atom. The Labute approximate surface area is 152 Å². The van der Waals surface area contributed by atoms with Gasteiger partial charge in [0.05, 0.1) is 7.11 Å². The maximum atomic E-state index is 12.3. The van der Waals surface area contributed by atoms with Crippen molar-refractivity contribution < 1.29 is 24.2 Å². The van der Waals surface area contributed by atoms with E-state index < -0.39 is 23.7 Å². The predicted octanol–water partition coefficient (Wildman–Crippen LogP) is 3.39. The van der Waals surface area contributed by atoms with E-state index in [1.807, 2.05) is 24.3 Å². The summed E-state index contributed by atoms with van der Waals surface area (Å²) in [6, 6.07) is 6.94. The third-order valence-corrected chi connectivity index (χ3v) is 5.13. The van der Waals surface area contributed by atoms with E-state index in [0.717, 1.165) is 17.1 Å². The molecule has 2 rings (SSSR count). The van der Waals surface area contributed by atoms with Crippen molar-refractivity contribution >= 4 is 23.8 Å². The molecule has 0 saturated carbocycles. The van der Waals surface area contributed by atoms with Crippen molar-refractivity contribution in [3.05, 3.63) is 29.8 Å². The number of carbonyl (C=O) groups is 2. The number of carbonyl (C=O) groups excluding carboxylic acids is 1. The second kappa shape index (κ2) is 7.99. The number of methoxy groups -OCH3 is 1. The van der Waals surface area contributed by atoms with Gasteiger partial charge in [-0.25, -0.2) is 9.59 Å². The van der Waals surface area contributed by atoms with Crippen LogP contribution in [0.1, 0.15) is 32.8 Å². The minimum absolute atomic E-state index is 0.0655. The second-order valence-corrected chi connectivity index (χ2v) is 8.29. The van der Waals surface area contributed by atoms with Crippen LogP contribution in [-0.4, -0.2) is 52.6 Å². The number of hydrogen-bond acceptors (Lipinski definition) is 5. The van der Waals surface area contributed by atoms with E-state index in [2.05, 4.69) is 0 Å². The van der Waals surface area contributed by atoms with Crippen LogP contribution in [0.5, 0.6) is 5.75 Å². The van der Waals surface area contributed by atoms with Gasteiger partial charge in [0.15, 0.2) is 0 Å². The molecular formula is C18H25NO5S. The van der Waals surface area contributed by atoms with Gasteiger partial charge in [0, 0.05) is 17.5 Å². The highest BCUT2D eigenvalue weighted by atomic mass is 32.2. The Hall–Kier alpha value is -1.89. The summed E-state index contributed by atoms with van der Waals surface area (Å²) in [6.45, 7) is 5.69. The molecule has 1 saturated heterocycles. The van der Waals surface area contributed by atoms with Gasteiger partial charge in [0.25, 0.3) is 0 Å². The monoisotopic (exact) mass is 367 g/mol. The summed E-state index contributed by atoms with van der Waals surface area (Å²) in [4.78, 5) is 25.1. The molecule has 0 radical (unpaired) electrons. The van der Waals surface area contributed by atoms with Crippen LogP contribution < -0.4 is 4.74 Å². The Morgan fingerprint density at radius 3 is 2.44 bits per heavy atom. The largest absolute Gasteiger partial charge is 0.497 e. The number of thioether (sulfide) groups is 1. The molecule has 0 spiro atoms. The molecule has 1 aliphatic rings. The Kier molecular flexibility index (Phi) is 6.21. The van der Waals surface area contributed by atoms with Crippen molar-refractivity contribution in [2.75, 3.05) is 13.7 Å². The molecule has 25 heavy (non-hydrogen) atoms. The fourth-order valence-electron chi connectivity index (χ4n) is 2.61. The molecule has 1 amide bonds. The Morgan fingerprint density at radius 1 is 1.28 bits per heavy atom. The summed E-state index contributed by atoms with van der Waals surface area (Å²) in [5, 5.41) is 9.48. The van der Waals surface area contributed by atoms with Gasteiger partial charge in [0.2, 0.25) is 0 Å². The smallest absolute Gasteiger partial charge is 0.411 e. The van der Waals surface area contributed by atoms with Crippen LogP contribution in [0.2, 0.25) is 0 Å². The van der Waals surface area contributed by atoms with Crippen LogP contribution in [-0.2, 0) is 15.3 Å². The average Bonchev–Trinajstić information content (AvgIpc) is 2.96. The van der Waals surface area contributed by atoms with Crippen LogP contribution >= 0.6 is 11.8 Å². The fraction of sp³-hybridized carbons (Fsp3) is 0.556. The SMILES string of the molecule is COc1ccc(CS[C@@H]2CC(C(=O)O)N(C(=O)OC(C)(C)C)C2)cc1. The minimum atomic E-state index is -0.988. The number of carboxylic acids is 1. The first-order chi connectivity index (χ1) is 11.7. The first-order valence-corrected chi connectivity index (χ1v) is 9.21. The molecule has 138 valence electrons. The van der Waals surface area contributed by atoms with Gasteiger partial charge in [-0.2, -0.15) is 11.8 Å². The third-order valence-electron chi connectivity index (χ3n) is 3.82. The van der Waals surface area contributed by atoms with Gasteiger partial charge in [-0.05, 0) is 44.9 Å². The second-order valence-electron chi connectivity index (χ2n) is 7.00. The highest BCUT2D eigenvalue weighted by Gasteiger charge is 2.41. The molecule has 0 aliphatic carbocycles. The quantitative estimate of drug-likeness (QED) is 0.860. The van der Waals surface area contributed by atoms with Gasteiger partial charge in [-0.1, -0.05) is 12.1 Å². The molecular weight excluding hydrogens is 342 g/mol. The zero-order chi connectivity index (χ0) is 18.6. The molecule has 7 heteroatoms. The minimum Gasteiger partial charge on any atom is -0.497 e. The number of nitrogens with zero attached hydrogens (tertiary/aromatic N) is 1. The Bertz CT molecular complexity index is 611. The third kappa shape index (κ3) is 5.56. The highest BCUT2D eigenvalue weighted by molar-refractivity contribution is 7.99. The summed E-state index contributed by atoms with van der Waals surface area (Å²) < 4.78 is 10.5. The summed E-state index contributed by atoms with van der Waals surface area (Å²) in [5.74, 6) is 0.568. The molecule has 1 unspecified atom stereocenters. The highest BCUT2D eigenvalue weighted by Crippen LogP contribution is 2.31. The van der Waals surface area contributed by atoms with Crippen LogP contribution in [0, 0.1) is 0 Å². The number of carboxylic acid groups (broad SMARTS) is 1. The lowest BCUT2D eigenvalue weighted by Crippen LogP contribution is -2.43. The lowest BCUT2D eigenvalue weighted by atomic mass is 10.2. The van der Waals surface area contributed by atoms with E-state index in [4.69, 9.17) is 9.47 Å². The number of aliphatic carboxylic acids is 1. The number of hydrogen-bond donors (Lipinski definition) is 1. The maximum absolute atomic E-state index is 12.3. The summed E-state index contributed by atoms with van der Waals surface area (Å²) in [6.07, 6.45) is -0.137. The van der Waals surface area contributed by atoms with Crippen molar-refractivity contribution in [2.24, 2.45) is 0 Å². The molecule has 1 aromatic rings. The maximum Gasteiger partial charge on any atom is 0.411 e. The molecule has 1 aromatic carbocycles. The normalized spacial score (nSPS) is 20.4. The van der Waals surface area contributed by atoms with Gasteiger partial charge < -0.3 is 14.6 Å². The van der Waals surface area contributed by atoms with Crippen LogP contribution in [0.15, 0.2) is 24.3 Å². The van der Waals surface area contributed by atoms with E-state index in [1.54, 1.807) is 39.6 Å². The molecule has 1 heterocycles. The van der Waals surface area contributed by atoms with Crippen molar-refractivity contribution in [1.82, 2.24) is 4.90 Å². The summed E-state index contributed by atoms with van der Waals surface area (Å²) in [7, 11) is 1.62. The molecule has 1 fully saturated rings. The van der Waals surface area contributed by atoms with E-state index in [-0.39, 0.29) is 5.25 Å². The van der Waals surface area contributed by atoms with Gasteiger partial charge in [-0.3, -0.25) is 4.90 Å². The summed E-state index contributed by atoms with van der Waals surface area (Å²) >= 11 is 1.66. The predicted molar refractivity (Wildman–Crippen MR) is 97.1 cm³/mol. The number of rotatable bonds is 5. The molecule has 1 aliphatic heterocycles. The zero-order valence-corrected chi connectivity index (χ0v) is 15.8. The average molecular weight is 367 g/mol. The van der Waals surface area contributed by atoms with Crippen molar-refractivity contribution in [2.45, 2.75) is 49.8 Å². The van der Waals surface area contributed by atoms with E-state index >= 15 is 0 Å². The van der Waals surface area contributed by atoms with Gasteiger partial charge in [0.1, 0.15) is 17.4 Å². The van der Waals surface area contributed by atoms with E-state index in [9.17, 15) is 14.7 Å². The Balaban J connectivity index is 1.96. The van der Waals surface area contributed by atoms with E-state index in [1.165, 1.54) is 4.90 Å². The standard InChI is InChI=1S/C18H25NO5S/c1-18(2,3)24-17(22)19-10-14(9-15(19)16(20)21)25-11-12-5-7-13(23-4)8-6-12/h5-8,14-15H,9-11H2,1-4H3,(H,20,21)/t14-,15?/m1/s1. The van der Waals surface area contributed by atoms with Crippen LogP contribution in [0.3, 0.4) is 0 Å². The fourth-order valence-corrected chi connectivity index (χ4v) is 3.82. The molecule has 0 aromatic heterocycles. The lowest BCUT2D eigenvalue weighted by Gasteiger charge is -2.26. The van der Waals surface area contributed by atoms with Crippen LogP contribution in [0.4, 0.5) is 4.79 Å². The molecule has 2 atom stereocenters. The molecule has 0 bridgehead atoms. The number of benzene rings is 1. The van der Waals surface area contributed by atoms with Crippen molar-refractivity contribution in [1.29, 1.82) is 0 Å². The molecule has 6 nitrogen and oxygen atoms in total. The first kappa shape index (κ1) is 19.4. The van der Waals surface area contributed by atoms with Crippen molar-refractivity contribution in [3.8, 4) is 5.75 Å². The van der Waals surface area contributed by atoms with Crippen molar-refractivity contribution in [3.63, 3.8) is 0 Å². The number of amides is 1. The topological polar surface area (TPSA) is 76.1 Å². The molecule has 1 N–H and O–H groups in total. The first-order valence-electron chi connectivity index (χ1n) is 8.16. The number of likely N-dealkylation sites (tertiary alicyclic amines) is 1. The van der Waals surface area contributed by atoms with Gasteiger partial charge in [-0.15, -0.1) is 0 Å².